The lowest BCUT2D eigenvalue weighted by Gasteiger charge is -2.31. The molecular formula is C13H22N4O. The number of hydrogen-bond acceptors (Lipinski definition) is 3. The zero-order chi connectivity index (χ0) is 13.1. The summed E-state index contributed by atoms with van der Waals surface area (Å²) in [6.07, 6.45) is 4.54. The lowest BCUT2D eigenvalue weighted by molar-refractivity contribution is 0.0898. The zero-order valence-corrected chi connectivity index (χ0v) is 11.1. The number of nitrogens with two attached hydrogens (primary N) is 1. The lowest BCUT2D eigenvalue weighted by Crippen LogP contribution is -2.45. The molecule has 18 heavy (non-hydrogen) atoms. The second-order valence-electron chi connectivity index (χ2n) is 5.15. The fourth-order valence-corrected chi connectivity index (χ4v) is 2.75. The van der Waals surface area contributed by atoms with E-state index in [9.17, 15) is 4.79 Å². The van der Waals surface area contributed by atoms with Crippen molar-refractivity contribution >= 4 is 5.91 Å². The van der Waals surface area contributed by atoms with Crippen LogP contribution in [-0.2, 0) is 7.05 Å². The van der Waals surface area contributed by atoms with Crippen LogP contribution >= 0.6 is 0 Å². The highest BCUT2D eigenvalue weighted by atomic mass is 16.2. The maximum atomic E-state index is 12.2. The number of nitrogens with zero attached hydrogens (tertiary/aromatic N) is 2. The van der Waals surface area contributed by atoms with Crippen molar-refractivity contribution in [2.24, 2.45) is 18.7 Å². The van der Waals surface area contributed by atoms with E-state index in [1.807, 2.05) is 13.0 Å². The Morgan fingerprint density at radius 3 is 2.89 bits per heavy atom. The van der Waals surface area contributed by atoms with Crippen LogP contribution in [0.5, 0.6) is 0 Å². The van der Waals surface area contributed by atoms with Crippen LogP contribution in [0.2, 0.25) is 0 Å². The van der Waals surface area contributed by atoms with Gasteiger partial charge in [-0.15, -0.1) is 0 Å². The van der Waals surface area contributed by atoms with Crippen LogP contribution in [0.4, 0.5) is 0 Å². The number of carbonyl (C=O) groups is 1. The minimum Gasteiger partial charge on any atom is -0.348 e. The Bertz CT molecular complexity index is 427. The van der Waals surface area contributed by atoms with Crippen molar-refractivity contribution in [2.45, 2.75) is 38.6 Å². The molecule has 1 saturated carbocycles. The van der Waals surface area contributed by atoms with Crippen LogP contribution in [0.15, 0.2) is 6.07 Å². The van der Waals surface area contributed by atoms with Crippen molar-refractivity contribution < 1.29 is 4.79 Å². The first-order chi connectivity index (χ1) is 8.61. The van der Waals surface area contributed by atoms with Crippen LogP contribution < -0.4 is 11.1 Å². The predicted octanol–water partition coefficient (Wildman–Crippen LogP) is 0.976. The van der Waals surface area contributed by atoms with E-state index in [-0.39, 0.29) is 11.9 Å². The molecule has 2 rings (SSSR count). The molecule has 0 bridgehead atoms. The summed E-state index contributed by atoms with van der Waals surface area (Å²) in [7, 11) is 1.79. The Labute approximate surface area is 108 Å². The van der Waals surface area contributed by atoms with Gasteiger partial charge in [0.2, 0.25) is 0 Å². The van der Waals surface area contributed by atoms with Crippen LogP contribution in [0.1, 0.15) is 41.9 Å². The van der Waals surface area contributed by atoms with Gasteiger partial charge in [-0.2, -0.15) is 5.10 Å². The van der Waals surface area contributed by atoms with Gasteiger partial charge >= 0.3 is 0 Å². The van der Waals surface area contributed by atoms with Crippen molar-refractivity contribution in [1.29, 1.82) is 0 Å². The molecule has 3 N–H and O–H groups in total. The highest BCUT2D eigenvalue weighted by molar-refractivity contribution is 5.92. The molecule has 5 heteroatoms. The fourth-order valence-electron chi connectivity index (χ4n) is 2.75. The van der Waals surface area contributed by atoms with Gasteiger partial charge in [0.15, 0.2) is 0 Å². The summed E-state index contributed by atoms with van der Waals surface area (Å²) in [4.78, 5) is 12.2. The number of aromatic nitrogens is 2. The third-order valence-electron chi connectivity index (χ3n) is 3.76. The van der Waals surface area contributed by atoms with Gasteiger partial charge in [-0.25, -0.2) is 0 Å². The molecule has 2 atom stereocenters. The van der Waals surface area contributed by atoms with E-state index in [0.717, 1.165) is 18.5 Å². The van der Waals surface area contributed by atoms with Crippen molar-refractivity contribution in [2.75, 3.05) is 6.54 Å². The first-order valence-electron chi connectivity index (χ1n) is 6.63. The van der Waals surface area contributed by atoms with Crippen LogP contribution in [0.3, 0.4) is 0 Å². The second kappa shape index (κ2) is 5.52. The smallest absolute Gasteiger partial charge is 0.269 e. The summed E-state index contributed by atoms with van der Waals surface area (Å²) in [6, 6.07) is 2.03. The fraction of sp³-hybridized carbons (Fsp3) is 0.692. The minimum absolute atomic E-state index is 0.0385. The molecule has 1 aliphatic carbocycles. The maximum absolute atomic E-state index is 12.2. The Morgan fingerprint density at radius 2 is 2.28 bits per heavy atom. The third kappa shape index (κ3) is 2.72. The van der Waals surface area contributed by atoms with E-state index < -0.39 is 0 Å². The summed E-state index contributed by atoms with van der Waals surface area (Å²) in [5.74, 6) is 0.375. The summed E-state index contributed by atoms with van der Waals surface area (Å²) in [5, 5.41) is 7.31. The van der Waals surface area contributed by atoms with Gasteiger partial charge in [-0.05, 0) is 38.3 Å². The average Bonchev–Trinajstić information content (AvgIpc) is 2.69. The molecule has 2 unspecified atom stereocenters. The SMILES string of the molecule is Cc1cc(C(=O)NC2CCCCC2CN)n(C)n1. The highest BCUT2D eigenvalue weighted by Gasteiger charge is 2.26. The zero-order valence-electron chi connectivity index (χ0n) is 11.1. The molecule has 0 aliphatic heterocycles. The van der Waals surface area contributed by atoms with E-state index >= 15 is 0 Å². The monoisotopic (exact) mass is 250 g/mol. The Kier molecular flexibility index (Phi) is 4.01. The van der Waals surface area contributed by atoms with Crippen molar-refractivity contribution in [3.8, 4) is 0 Å². The quantitative estimate of drug-likeness (QED) is 0.839. The van der Waals surface area contributed by atoms with E-state index in [2.05, 4.69) is 10.4 Å². The van der Waals surface area contributed by atoms with Gasteiger partial charge in [0, 0.05) is 13.1 Å². The molecule has 1 aromatic rings. The molecule has 1 amide bonds. The van der Waals surface area contributed by atoms with Gasteiger partial charge in [0.25, 0.3) is 5.91 Å². The lowest BCUT2D eigenvalue weighted by atomic mass is 9.84. The molecular weight excluding hydrogens is 228 g/mol. The topological polar surface area (TPSA) is 72.9 Å². The van der Waals surface area contributed by atoms with E-state index in [1.54, 1.807) is 11.7 Å². The second-order valence-corrected chi connectivity index (χ2v) is 5.15. The third-order valence-corrected chi connectivity index (χ3v) is 3.76. The van der Waals surface area contributed by atoms with Crippen LogP contribution in [0.25, 0.3) is 0 Å². The van der Waals surface area contributed by atoms with Gasteiger partial charge in [-0.1, -0.05) is 12.8 Å². The largest absolute Gasteiger partial charge is 0.348 e. The number of rotatable bonds is 3. The van der Waals surface area contributed by atoms with Crippen LogP contribution in [0, 0.1) is 12.8 Å². The van der Waals surface area contributed by atoms with Crippen molar-refractivity contribution in [3.05, 3.63) is 17.5 Å². The number of hydrogen-bond donors (Lipinski definition) is 2. The normalized spacial score (nSPS) is 23.9. The average molecular weight is 250 g/mol. The Balaban J connectivity index is 2.04. The molecule has 1 fully saturated rings. The molecule has 0 radical (unpaired) electrons. The minimum atomic E-state index is -0.0385. The van der Waals surface area contributed by atoms with Gasteiger partial charge in [0.1, 0.15) is 5.69 Å². The first kappa shape index (κ1) is 13.1. The van der Waals surface area contributed by atoms with Gasteiger partial charge in [-0.3, -0.25) is 9.48 Å². The summed E-state index contributed by atoms with van der Waals surface area (Å²) < 4.78 is 1.63. The van der Waals surface area contributed by atoms with Gasteiger partial charge < -0.3 is 11.1 Å². The molecule has 0 spiro atoms. The summed E-state index contributed by atoms with van der Waals surface area (Å²) >= 11 is 0. The number of carbonyl (C=O) groups excluding carboxylic acids is 1. The Hall–Kier alpha value is -1.36. The molecule has 1 aliphatic rings. The van der Waals surface area contributed by atoms with E-state index in [4.69, 9.17) is 5.73 Å². The number of amides is 1. The van der Waals surface area contributed by atoms with Gasteiger partial charge in [0.05, 0.1) is 5.69 Å². The first-order valence-corrected chi connectivity index (χ1v) is 6.63. The number of aryl methyl sites for hydroxylation is 2. The van der Waals surface area contributed by atoms with E-state index in [1.165, 1.54) is 12.8 Å². The Morgan fingerprint density at radius 1 is 1.56 bits per heavy atom. The maximum Gasteiger partial charge on any atom is 0.269 e. The molecule has 1 aromatic heterocycles. The summed E-state index contributed by atoms with van der Waals surface area (Å²) in [5.41, 5.74) is 7.26. The summed E-state index contributed by atoms with van der Waals surface area (Å²) in [6.45, 7) is 2.54. The van der Waals surface area contributed by atoms with Crippen molar-refractivity contribution in [1.82, 2.24) is 15.1 Å². The molecule has 1 heterocycles. The predicted molar refractivity (Wildman–Crippen MR) is 70.2 cm³/mol. The molecule has 0 aromatic carbocycles. The molecule has 100 valence electrons. The number of nitrogens with one attached hydrogen (secondary N) is 1. The standard InChI is InChI=1S/C13H22N4O/c1-9-7-12(17(2)16-9)13(18)15-11-6-4-3-5-10(11)8-14/h7,10-11H,3-6,8,14H2,1-2H3,(H,15,18). The molecule has 5 nitrogen and oxygen atoms in total. The van der Waals surface area contributed by atoms with Crippen molar-refractivity contribution in [3.63, 3.8) is 0 Å². The van der Waals surface area contributed by atoms with Crippen LogP contribution in [-0.4, -0.2) is 28.3 Å². The molecule has 0 saturated heterocycles. The van der Waals surface area contributed by atoms with E-state index in [0.29, 0.717) is 18.2 Å². The highest BCUT2D eigenvalue weighted by Crippen LogP contribution is 2.23.